The van der Waals surface area contributed by atoms with Crippen molar-refractivity contribution in [2.24, 2.45) is 5.92 Å². The first-order valence-electron chi connectivity index (χ1n) is 12.4. The molecule has 2 rings (SSSR count). The zero-order valence-corrected chi connectivity index (χ0v) is 19.6. The number of aromatic nitrogens is 2. The molecule has 0 saturated heterocycles. The lowest BCUT2D eigenvalue weighted by Gasteiger charge is -2.13. The number of unbranched alkanes of at least 4 members (excludes halogenated alkanes) is 8. The van der Waals surface area contributed by atoms with Crippen molar-refractivity contribution in [3.63, 3.8) is 0 Å². The first-order valence-corrected chi connectivity index (χ1v) is 12.4. The van der Waals surface area contributed by atoms with Crippen LogP contribution >= 0.6 is 0 Å². The van der Waals surface area contributed by atoms with Crippen LogP contribution in [0.25, 0.3) is 11.0 Å². The number of nitrogens with one attached hydrogen (secondary N) is 1. The molecule has 1 N–H and O–H groups in total. The fourth-order valence-corrected chi connectivity index (χ4v) is 4.25. The number of imidazole rings is 1. The molecule has 0 saturated carbocycles. The number of hydrogen-bond donors (Lipinski definition) is 1. The fraction of sp³-hybridized carbons (Fsp3) is 0.692. The maximum atomic E-state index is 12.3. The lowest BCUT2D eigenvalue weighted by Crippen LogP contribution is -2.32. The summed E-state index contributed by atoms with van der Waals surface area (Å²) in [6, 6.07) is 8.41. The van der Waals surface area contributed by atoms with E-state index in [4.69, 9.17) is 4.98 Å². The van der Waals surface area contributed by atoms with Gasteiger partial charge >= 0.3 is 0 Å². The Kier molecular flexibility index (Phi) is 11.6. The van der Waals surface area contributed by atoms with Crippen LogP contribution in [0.15, 0.2) is 24.3 Å². The van der Waals surface area contributed by atoms with E-state index in [0.29, 0.717) is 6.54 Å². The molecular weight excluding hydrogens is 370 g/mol. The Balaban J connectivity index is 1.83. The number of carbonyl (C=O) groups is 1. The minimum absolute atomic E-state index is 0.130. The molecule has 0 atom stereocenters. The van der Waals surface area contributed by atoms with E-state index in [1.54, 1.807) is 0 Å². The minimum Gasteiger partial charge on any atom is -0.355 e. The number of amides is 1. The van der Waals surface area contributed by atoms with Crippen molar-refractivity contribution in [1.29, 1.82) is 0 Å². The third kappa shape index (κ3) is 7.77. The quantitative estimate of drug-likeness (QED) is 0.313. The molecule has 168 valence electrons. The summed E-state index contributed by atoms with van der Waals surface area (Å²) in [6.45, 7) is 8.12. The molecule has 0 fully saturated rings. The van der Waals surface area contributed by atoms with E-state index in [9.17, 15) is 4.79 Å². The molecule has 1 aromatic carbocycles. The van der Waals surface area contributed by atoms with Gasteiger partial charge in [0.15, 0.2) is 0 Å². The zero-order chi connectivity index (χ0) is 21.6. The molecule has 0 radical (unpaired) electrons. The molecule has 1 heterocycles. The van der Waals surface area contributed by atoms with Gasteiger partial charge in [0.1, 0.15) is 5.82 Å². The summed E-state index contributed by atoms with van der Waals surface area (Å²) in [5.74, 6) is 1.41. The van der Waals surface area contributed by atoms with Crippen LogP contribution < -0.4 is 5.32 Å². The number of fused-ring (bicyclic) bond motifs is 1. The molecule has 0 aliphatic heterocycles. The monoisotopic (exact) mass is 413 g/mol. The van der Waals surface area contributed by atoms with Crippen LogP contribution in [0.3, 0.4) is 0 Å². The second-order valence-corrected chi connectivity index (χ2v) is 8.55. The highest BCUT2D eigenvalue weighted by atomic mass is 16.1. The predicted octanol–water partition coefficient (Wildman–Crippen LogP) is 6.66. The highest BCUT2D eigenvalue weighted by Gasteiger charge is 2.14. The number of nitrogens with zero attached hydrogens (tertiary/aromatic N) is 2. The molecule has 4 heteroatoms. The Bertz CT molecular complexity index is 733. The number of hydrogen-bond acceptors (Lipinski definition) is 2. The summed E-state index contributed by atoms with van der Waals surface area (Å²) in [5, 5.41) is 3.12. The highest BCUT2D eigenvalue weighted by Crippen LogP contribution is 2.18. The van der Waals surface area contributed by atoms with Crippen LogP contribution in [0.1, 0.15) is 97.2 Å². The van der Waals surface area contributed by atoms with E-state index < -0.39 is 0 Å². The normalized spacial score (nSPS) is 11.5. The zero-order valence-electron chi connectivity index (χ0n) is 19.6. The van der Waals surface area contributed by atoms with Crippen LogP contribution in [0.5, 0.6) is 0 Å². The Morgan fingerprint density at radius 2 is 1.57 bits per heavy atom. The molecule has 4 nitrogen and oxygen atoms in total. The van der Waals surface area contributed by atoms with Crippen LogP contribution in [0.4, 0.5) is 0 Å². The lowest BCUT2D eigenvalue weighted by molar-refractivity contribution is -0.125. The van der Waals surface area contributed by atoms with Gasteiger partial charge in [-0.25, -0.2) is 4.98 Å². The third-order valence-corrected chi connectivity index (χ3v) is 6.22. The molecule has 30 heavy (non-hydrogen) atoms. The van der Waals surface area contributed by atoms with Gasteiger partial charge in [0.2, 0.25) is 5.91 Å². The summed E-state index contributed by atoms with van der Waals surface area (Å²) in [7, 11) is 0. The van der Waals surface area contributed by atoms with E-state index in [1.807, 2.05) is 0 Å². The van der Waals surface area contributed by atoms with Gasteiger partial charge in [-0.1, -0.05) is 84.3 Å². The van der Waals surface area contributed by atoms with E-state index in [2.05, 4.69) is 54.9 Å². The molecule has 1 aromatic heterocycles. The predicted molar refractivity (Wildman–Crippen MR) is 128 cm³/mol. The molecule has 1 amide bonds. The maximum absolute atomic E-state index is 12.3. The molecule has 2 aromatic rings. The van der Waals surface area contributed by atoms with Crippen LogP contribution in [-0.4, -0.2) is 22.0 Å². The van der Waals surface area contributed by atoms with Crippen molar-refractivity contribution in [3.8, 4) is 0 Å². The van der Waals surface area contributed by atoms with Crippen molar-refractivity contribution in [1.82, 2.24) is 14.9 Å². The molecular formula is C26H43N3O. The lowest BCUT2D eigenvalue weighted by atomic mass is 10.0. The van der Waals surface area contributed by atoms with Crippen molar-refractivity contribution in [2.45, 2.75) is 104 Å². The summed E-state index contributed by atoms with van der Waals surface area (Å²) >= 11 is 0. The summed E-state index contributed by atoms with van der Waals surface area (Å²) in [6.07, 6.45) is 14.7. The van der Waals surface area contributed by atoms with Crippen molar-refractivity contribution in [3.05, 3.63) is 30.1 Å². The molecule has 0 spiro atoms. The number of aryl methyl sites for hydroxylation is 1. The van der Waals surface area contributed by atoms with Gasteiger partial charge in [0, 0.05) is 25.4 Å². The summed E-state index contributed by atoms with van der Waals surface area (Å²) in [5.41, 5.74) is 2.29. The van der Waals surface area contributed by atoms with Crippen molar-refractivity contribution in [2.75, 3.05) is 6.54 Å². The minimum atomic E-state index is 0.130. The highest BCUT2D eigenvalue weighted by molar-refractivity contribution is 5.78. The van der Waals surface area contributed by atoms with Crippen LogP contribution in [-0.2, 0) is 17.8 Å². The summed E-state index contributed by atoms with van der Waals surface area (Å²) < 4.78 is 2.37. The largest absolute Gasteiger partial charge is 0.355 e. The SMILES string of the molecule is CCCCCCCCCCCn1c(CCNC(=O)C(CC)CC)nc2ccccc21. The Labute approximate surface area is 183 Å². The molecule has 0 aliphatic rings. The van der Waals surface area contributed by atoms with Gasteiger partial charge in [-0.05, 0) is 31.4 Å². The van der Waals surface area contributed by atoms with Crippen molar-refractivity contribution >= 4 is 16.9 Å². The van der Waals surface area contributed by atoms with Gasteiger partial charge in [-0.2, -0.15) is 0 Å². The van der Waals surface area contributed by atoms with Crippen LogP contribution in [0, 0.1) is 5.92 Å². The Morgan fingerprint density at radius 3 is 2.23 bits per heavy atom. The Hall–Kier alpha value is -1.84. The van der Waals surface area contributed by atoms with E-state index in [0.717, 1.165) is 37.1 Å². The number of para-hydroxylation sites is 2. The van der Waals surface area contributed by atoms with Gasteiger partial charge in [0.05, 0.1) is 11.0 Å². The molecule has 0 unspecified atom stereocenters. The molecule has 0 bridgehead atoms. The van der Waals surface area contributed by atoms with E-state index in [1.165, 1.54) is 63.3 Å². The molecule has 0 aliphatic carbocycles. The van der Waals surface area contributed by atoms with E-state index >= 15 is 0 Å². The second-order valence-electron chi connectivity index (χ2n) is 8.55. The van der Waals surface area contributed by atoms with Gasteiger partial charge < -0.3 is 9.88 Å². The number of carbonyl (C=O) groups excluding carboxylic acids is 1. The first kappa shape index (κ1) is 24.4. The van der Waals surface area contributed by atoms with Gasteiger partial charge in [0.25, 0.3) is 0 Å². The average molecular weight is 414 g/mol. The topological polar surface area (TPSA) is 46.9 Å². The maximum Gasteiger partial charge on any atom is 0.223 e. The smallest absolute Gasteiger partial charge is 0.223 e. The van der Waals surface area contributed by atoms with Gasteiger partial charge in [-0.3, -0.25) is 4.79 Å². The van der Waals surface area contributed by atoms with Crippen molar-refractivity contribution < 1.29 is 4.79 Å². The van der Waals surface area contributed by atoms with Gasteiger partial charge in [-0.15, -0.1) is 0 Å². The average Bonchev–Trinajstić information content (AvgIpc) is 3.11. The fourth-order valence-electron chi connectivity index (χ4n) is 4.25. The standard InChI is InChI=1S/C26H43N3O/c1-4-7-8-9-10-11-12-13-16-21-29-24-18-15-14-17-23(24)28-25(29)19-20-27-26(30)22(5-2)6-3/h14-15,17-18,22H,4-13,16,19-21H2,1-3H3,(H,27,30). The van der Waals surface area contributed by atoms with E-state index in [-0.39, 0.29) is 11.8 Å². The third-order valence-electron chi connectivity index (χ3n) is 6.22. The first-order chi connectivity index (χ1) is 14.7. The second kappa shape index (κ2) is 14.2. The number of benzene rings is 1. The summed E-state index contributed by atoms with van der Waals surface area (Å²) in [4.78, 5) is 17.1. The number of rotatable bonds is 16. The van der Waals surface area contributed by atoms with Crippen LogP contribution in [0.2, 0.25) is 0 Å². The Morgan fingerprint density at radius 1 is 0.933 bits per heavy atom.